The standard InChI is InChI=1S/C16H21NO4/c18-8-12-13(9-19)15-7-6-14(12)17(15)16(20)21-10-11-4-2-1-3-5-11/h1-5,12-15,18-19H,6-10H2/t12?,13?,14-,15+. The molecule has 114 valence electrons. The number of amides is 1. The average molecular weight is 291 g/mol. The molecule has 2 aliphatic heterocycles. The number of ether oxygens (including phenoxy) is 1. The molecule has 0 aromatic heterocycles. The number of nitrogens with zero attached hydrogens (tertiary/aromatic N) is 1. The summed E-state index contributed by atoms with van der Waals surface area (Å²) in [5.41, 5.74) is 0.954. The summed E-state index contributed by atoms with van der Waals surface area (Å²) in [7, 11) is 0. The minimum atomic E-state index is -0.333. The first-order chi connectivity index (χ1) is 10.3. The number of benzene rings is 1. The lowest BCUT2D eigenvalue weighted by Gasteiger charge is -2.24. The van der Waals surface area contributed by atoms with Crippen LogP contribution in [0.15, 0.2) is 30.3 Å². The monoisotopic (exact) mass is 291 g/mol. The van der Waals surface area contributed by atoms with E-state index in [1.165, 1.54) is 0 Å². The topological polar surface area (TPSA) is 70.0 Å². The zero-order valence-corrected chi connectivity index (χ0v) is 11.9. The summed E-state index contributed by atoms with van der Waals surface area (Å²) in [5.74, 6) is -0.0592. The van der Waals surface area contributed by atoms with Crippen molar-refractivity contribution in [3.63, 3.8) is 0 Å². The van der Waals surface area contributed by atoms with Crippen LogP contribution in [0.3, 0.4) is 0 Å². The third kappa shape index (κ3) is 2.51. The van der Waals surface area contributed by atoms with Gasteiger partial charge in [0.2, 0.25) is 0 Å². The Morgan fingerprint density at radius 3 is 2.19 bits per heavy atom. The Balaban J connectivity index is 1.65. The van der Waals surface area contributed by atoms with Crippen LogP contribution in [-0.4, -0.2) is 46.5 Å². The second-order valence-corrected chi connectivity index (χ2v) is 5.85. The molecule has 0 saturated carbocycles. The highest BCUT2D eigenvalue weighted by Gasteiger charge is 2.54. The van der Waals surface area contributed by atoms with Crippen LogP contribution < -0.4 is 0 Å². The molecule has 2 unspecified atom stereocenters. The molecule has 2 bridgehead atoms. The lowest BCUT2D eigenvalue weighted by atomic mass is 9.80. The summed E-state index contributed by atoms with van der Waals surface area (Å²) in [4.78, 5) is 14.1. The summed E-state index contributed by atoms with van der Waals surface area (Å²) in [6.07, 6.45) is 1.43. The van der Waals surface area contributed by atoms with E-state index in [1.54, 1.807) is 4.90 Å². The van der Waals surface area contributed by atoms with Crippen molar-refractivity contribution in [1.82, 2.24) is 4.90 Å². The first-order valence-electron chi connectivity index (χ1n) is 7.47. The third-order valence-electron chi connectivity index (χ3n) is 4.85. The minimum absolute atomic E-state index is 0.000392. The molecule has 1 aromatic carbocycles. The number of hydrogen-bond acceptors (Lipinski definition) is 4. The van der Waals surface area contributed by atoms with Crippen LogP contribution in [0.5, 0.6) is 0 Å². The number of carbonyl (C=O) groups excluding carboxylic acids is 1. The van der Waals surface area contributed by atoms with E-state index in [-0.39, 0.29) is 49.8 Å². The maximum Gasteiger partial charge on any atom is 0.410 e. The van der Waals surface area contributed by atoms with E-state index in [9.17, 15) is 15.0 Å². The van der Waals surface area contributed by atoms with E-state index in [4.69, 9.17) is 4.74 Å². The normalized spacial score (nSPS) is 30.7. The number of hydrogen-bond donors (Lipinski definition) is 2. The Morgan fingerprint density at radius 2 is 1.67 bits per heavy atom. The zero-order chi connectivity index (χ0) is 14.8. The molecule has 2 saturated heterocycles. The van der Waals surface area contributed by atoms with E-state index >= 15 is 0 Å². The molecule has 0 aliphatic carbocycles. The number of carbonyl (C=O) groups is 1. The first-order valence-corrected chi connectivity index (χ1v) is 7.47. The number of aliphatic hydroxyl groups excluding tert-OH is 2. The van der Waals surface area contributed by atoms with Crippen LogP contribution >= 0.6 is 0 Å². The van der Waals surface area contributed by atoms with Crippen molar-refractivity contribution in [3.05, 3.63) is 35.9 Å². The van der Waals surface area contributed by atoms with E-state index in [0.29, 0.717) is 0 Å². The van der Waals surface area contributed by atoms with Gasteiger partial charge in [0.1, 0.15) is 6.61 Å². The lowest BCUT2D eigenvalue weighted by Crippen LogP contribution is -2.37. The van der Waals surface area contributed by atoms with Crippen LogP contribution in [0.25, 0.3) is 0 Å². The summed E-state index contributed by atoms with van der Waals surface area (Å²) in [5, 5.41) is 19.0. The van der Waals surface area contributed by atoms with Crippen molar-refractivity contribution in [2.24, 2.45) is 11.8 Å². The molecule has 5 nitrogen and oxygen atoms in total. The first kappa shape index (κ1) is 14.4. The fourth-order valence-electron chi connectivity index (χ4n) is 3.86. The Hall–Kier alpha value is -1.59. The molecule has 2 N–H and O–H groups in total. The quantitative estimate of drug-likeness (QED) is 0.879. The average Bonchev–Trinajstić information content (AvgIpc) is 3.08. The molecule has 2 fully saturated rings. The highest BCUT2D eigenvalue weighted by molar-refractivity contribution is 5.69. The summed E-state index contributed by atoms with van der Waals surface area (Å²) in [6.45, 7) is 0.271. The van der Waals surface area contributed by atoms with E-state index in [2.05, 4.69) is 0 Å². The molecule has 0 spiro atoms. The van der Waals surface area contributed by atoms with Crippen LogP contribution in [0.1, 0.15) is 18.4 Å². The van der Waals surface area contributed by atoms with Crippen molar-refractivity contribution in [3.8, 4) is 0 Å². The third-order valence-corrected chi connectivity index (χ3v) is 4.85. The molecule has 1 aromatic rings. The largest absolute Gasteiger partial charge is 0.445 e. The summed E-state index contributed by atoms with van der Waals surface area (Å²) in [6, 6.07) is 9.57. The Labute approximate surface area is 124 Å². The van der Waals surface area contributed by atoms with Gasteiger partial charge >= 0.3 is 6.09 Å². The fourth-order valence-corrected chi connectivity index (χ4v) is 3.86. The van der Waals surface area contributed by atoms with Crippen molar-refractivity contribution < 1.29 is 19.7 Å². The molecule has 2 aliphatic rings. The van der Waals surface area contributed by atoms with Gasteiger partial charge in [0.05, 0.1) is 0 Å². The molecule has 4 atom stereocenters. The summed E-state index contributed by atoms with van der Waals surface area (Å²) < 4.78 is 5.40. The van der Waals surface area contributed by atoms with Gasteiger partial charge in [-0.05, 0) is 18.4 Å². The van der Waals surface area contributed by atoms with Gasteiger partial charge in [0.15, 0.2) is 0 Å². The van der Waals surface area contributed by atoms with Gasteiger partial charge in [0, 0.05) is 37.1 Å². The maximum absolute atomic E-state index is 12.3. The van der Waals surface area contributed by atoms with Crippen molar-refractivity contribution in [2.75, 3.05) is 13.2 Å². The smallest absolute Gasteiger partial charge is 0.410 e. The van der Waals surface area contributed by atoms with Gasteiger partial charge in [-0.1, -0.05) is 30.3 Å². The van der Waals surface area contributed by atoms with E-state index in [0.717, 1.165) is 18.4 Å². The predicted molar refractivity (Wildman–Crippen MR) is 76.4 cm³/mol. The van der Waals surface area contributed by atoms with Crippen molar-refractivity contribution in [2.45, 2.75) is 31.5 Å². The van der Waals surface area contributed by atoms with Gasteiger partial charge in [-0.2, -0.15) is 0 Å². The highest BCUT2D eigenvalue weighted by atomic mass is 16.6. The van der Waals surface area contributed by atoms with Gasteiger partial charge in [0.25, 0.3) is 0 Å². The van der Waals surface area contributed by atoms with Crippen LogP contribution in [-0.2, 0) is 11.3 Å². The van der Waals surface area contributed by atoms with E-state index < -0.39 is 0 Å². The van der Waals surface area contributed by atoms with Gasteiger partial charge in [-0.15, -0.1) is 0 Å². The second kappa shape index (κ2) is 6.03. The SMILES string of the molecule is O=C(OCc1ccccc1)N1[C@@H]2CC[C@H]1C(CO)C2CO. The van der Waals surface area contributed by atoms with Crippen LogP contribution in [0.4, 0.5) is 4.79 Å². The van der Waals surface area contributed by atoms with Crippen LogP contribution in [0.2, 0.25) is 0 Å². The molecule has 21 heavy (non-hydrogen) atoms. The molecule has 5 heteroatoms. The van der Waals surface area contributed by atoms with E-state index in [1.807, 2.05) is 30.3 Å². The number of rotatable bonds is 4. The van der Waals surface area contributed by atoms with Gasteiger partial charge in [-0.25, -0.2) is 4.79 Å². The van der Waals surface area contributed by atoms with Crippen molar-refractivity contribution >= 4 is 6.09 Å². The molecule has 0 radical (unpaired) electrons. The lowest BCUT2D eigenvalue weighted by molar-refractivity contribution is 0.0852. The molecular formula is C16H21NO4. The van der Waals surface area contributed by atoms with Crippen LogP contribution in [0, 0.1) is 11.8 Å². The Morgan fingerprint density at radius 1 is 1.10 bits per heavy atom. The molecular weight excluding hydrogens is 270 g/mol. The summed E-state index contributed by atoms with van der Waals surface area (Å²) >= 11 is 0. The molecule has 1 amide bonds. The van der Waals surface area contributed by atoms with Crippen molar-refractivity contribution in [1.29, 1.82) is 0 Å². The van der Waals surface area contributed by atoms with Gasteiger partial charge in [-0.3, -0.25) is 0 Å². The molecule has 3 rings (SSSR count). The number of aliphatic hydroxyl groups is 2. The second-order valence-electron chi connectivity index (χ2n) is 5.85. The zero-order valence-electron chi connectivity index (χ0n) is 11.9. The Bertz CT molecular complexity index is 474. The maximum atomic E-state index is 12.3. The highest BCUT2D eigenvalue weighted by Crippen LogP contribution is 2.45. The predicted octanol–water partition coefficient (Wildman–Crippen LogP) is 1.39. The minimum Gasteiger partial charge on any atom is -0.445 e. The number of fused-ring (bicyclic) bond motifs is 2. The van der Waals surface area contributed by atoms with Gasteiger partial charge < -0.3 is 19.8 Å². The Kier molecular flexibility index (Phi) is 4.12. The fraction of sp³-hybridized carbons (Fsp3) is 0.562. The molecule has 2 heterocycles.